The maximum atomic E-state index is 12.4. The predicted octanol–water partition coefficient (Wildman–Crippen LogP) is 1.38. The van der Waals surface area contributed by atoms with Crippen molar-refractivity contribution in [3.8, 4) is 23.3 Å². The number of nitriles is 1. The van der Waals surface area contributed by atoms with Crippen LogP contribution in [0.1, 0.15) is 23.7 Å². The van der Waals surface area contributed by atoms with Gasteiger partial charge in [-0.25, -0.2) is 4.79 Å². The number of carbonyl (C=O) groups is 2. The lowest BCUT2D eigenvalue weighted by Crippen LogP contribution is -2.37. The van der Waals surface area contributed by atoms with Crippen LogP contribution in [0.5, 0.6) is 17.2 Å². The van der Waals surface area contributed by atoms with Gasteiger partial charge in [0.05, 0.1) is 25.2 Å². The Bertz CT molecular complexity index is 680. The van der Waals surface area contributed by atoms with Crippen LogP contribution < -0.4 is 14.2 Å². The molecule has 0 radical (unpaired) electrons. The Balaban J connectivity index is 2.10. The molecule has 8 heteroatoms. The van der Waals surface area contributed by atoms with Crippen molar-refractivity contribution in [3.05, 3.63) is 17.7 Å². The van der Waals surface area contributed by atoms with Gasteiger partial charge in [0, 0.05) is 13.6 Å². The third-order valence-corrected chi connectivity index (χ3v) is 3.63. The fourth-order valence-electron chi connectivity index (χ4n) is 2.31. The summed E-state index contributed by atoms with van der Waals surface area (Å²) in [4.78, 5) is 25.8. The number of fused-ring (bicyclic) bond motifs is 1. The molecule has 2 rings (SSSR count). The summed E-state index contributed by atoms with van der Waals surface area (Å²) < 4.78 is 21.4. The molecule has 1 aromatic carbocycles. The molecule has 0 saturated carbocycles. The molecule has 8 nitrogen and oxygen atoms in total. The molecule has 1 aliphatic rings. The molecule has 1 amide bonds. The number of amides is 1. The molecular weight excluding hydrogens is 328 g/mol. The number of hydrogen-bond donors (Lipinski definition) is 0. The average molecular weight is 348 g/mol. The van der Waals surface area contributed by atoms with Crippen molar-refractivity contribution >= 4 is 11.9 Å². The van der Waals surface area contributed by atoms with E-state index in [-0.39, 0.29) is 24.4 Å². The normalized spacial score (nSPS) is 13.4. The monoisotopic (exact) mass is 348 g/mol. The van der Waals surface area contributed by atoms with Crippen molar-refractivity contribution < 1.29 is 28.5 Å². The second-order valence-electron chi connectivity index (χ2n) is 5.42. The number of rotatable bonds is 6. The summed E-state index contributed by atoms with van der Waals surface area (Å²) in [6.45, 7) is 2.52. The van der Waals surface area contributed by atoms with E-state index in [9.17, 15) is 9.59 Å². The minimum Gasteiger partial charge on any atom is -0.493 e. The number of nitrogens with zero attached hydrogens (tertiary/aromatic N) is 2. The number of ether oxygens (including phenoxy) is 4. The number of methoxy groups -OCH3 is 1. The van der Waals surface area contributed by atoms with Crippen LogP contribution in [-0.2, 0) is 9.53 Å². The van der Waals surface area contributed by atoms with Gasteiger partial charge in [0.25, 0.3) is 5.91 Å². The lowest BCUT2D eigenvalue weighted by molar-refractivity contribution is -0.138. The summed E-state index contributed by atoms with van der Waals surface area (Å²) in [5.74, 6) is 0.125. The third kappa shape index (κ3) is 4.32. The maximum absolute atomic E-state index is 12.4. The smallest absolute Gasteiger partial charge is 0.339 e. The number of carbonyl (C=O) groups excluding carboxylic acids is 2. The van der Waals surface area contributed by atoms with E-state index in [1.54, 1.807) is 7.05 Å². The molecule has 1 aromatic rings. The Labute approximate surface area is 145 Å². The molecule has 0 unspecified atom stereocenters. The molecular formula is C17H20N2O6. The zero-order chi connectivity index (χ0) is 18.4. The van der Waals surface area contributed by atoms with Crippen LogP contribution in [0.3, 0.4) is 0 Å². The molecule has 0 N–H and O–H groups in total. The molecule has 0 saturated heterocycles. The minimum atomic E-state index is -0.976. The second kappa shape index (κ2) is 8.24. The first kappa shape index (κ1) is 18.4. The van der Waals surface area contributed by atoms with Crippen molar-refractivity contribution in [2.24, 2.45) is 0 Å². The van der Waals surface area contributed by atoms with Gasteiger partial charge in [-0.2, -0.15) is 5.26 Å². The van der Waals surface area contributed by atoms with Crippen molar-refractivity contribution in [2.75, 3.05) is 33.9 Å². The first-order chi connectivity index (χ1) is 12.0. The molecule has 0 aromatic heterocycles. The zero-order valence-electron chi connectivity index (χ0n) is 14.4. The maximum Gasteiger partial charge on any atom is 0.339 e. The highest BCUT2D eigenvalue weighted by Crippen LogP contribution is 2.40. The summed E-state index contributed by atoms with van der Waals surface area (Å²) in [7, 11) is 3.01. The molecule has 0 fully saturated rings. The molecule has 0 aliphatic carbocycles. The van der Waals surface area contributed by atoms with Gasteiger partial charge < -0.3 is 23.8 Å². The third-order valence-electron chi connectivity index (χ3n) is 3.63. The standard InChI is InChI=1S/C17H20N2O6/c1-11(16(20)19(2)6-4-5-18)25-17(21)12-9-13(22-3)15-14(10-12)23-7-8-24-15/h9-11H,4,6-8H2,1-3H3/t11-/m0/s1. The number of benzene rings is 1. The van der Waals surface area contributed by atoms with E-state index < -0.39 is 12.1 Å². The molecule has 0 bridgehead atoms. The molecule has 1 atom stereocenters. The highest BCUT2D eigenvalue weighted by Gasteiger charge is 2.25. The number of hydrogen-bond acceptors (Lipinski definition) is 7. The van der Waals surface area contributed by atoms with Gasteiger partial charge >= 0.3 is 5.97 Å². The molecule has 1 aliphatic heterocycles. The predicted molar refractivity (Wildman–Crippen MR) is 86.7 cm³/mol. The number of likely N-dealkylation sites (N-methyl/N-ethyl adjacent to an activating group) is 1. The zero-order valence-corrected chi connectivity index (χ0v) is 14.4. The van der Waals surface area contributed by atoms with E-state index in [2.05, 4.69) is 0 Å². The van der Waals surface area contributed by atoms with Gasteiger partial charge in [-0.05, 0) is 19.1 Å². The van der Waals surface area contributed by atoms with Crippen LogP contribution in [0, 0.1) is 11.3 Å². The van der Waals surface area contributed by atoms with Gasteiger partial charge in [0.15, 0.2) is 17.6 Å². The second-order valence-corrected chi connectivity index (χ2v) is 5.42. The summed E-state index contributed by atoms with van der Waals surface area (Å²) in [5, 5.41) is 8.57. The van der Waals surface area contributed by atoms with E-state index >= 15 is 0 Å². The van der Waals surface area contributed by atoms with Crippen LogP contribution >= 0.6 is 0 Å². The Morgan fingerprint density at radius 3 is 2.76 bits per heavy atom. The van der Waals surface area contributed by atoms with Crippen molar-refractivity contribution in [1.29, 1.82) is 5.26 Å². The Morgan fingerprint density at radius 2 is 2.08 bits per heavy atom. The van der Waals surface area contributed by atoms with E-state index in [1.807, 2.05) is 6.07 Å². The van der Waals surface area contributed by atoms with Gasteiger partial charge in [0.2, 0.25) is 5.75 Å². The highest BCUT2D eigenvalue weighted by molar-refractivity contribution is 5.93. The largest absolute Gasteiger partial charge is 0.493 e. The SMILES string of the molecule is COc1cc(C(=O)O[C@@H](C)C(=O)N(C)CCC#N)cc2c1OCCO2. The summed E-state index contributed by atoms with van der Waals surface area (Å²) in [6, 6.07) is 4.93. The van der Waals surface area contributed by atoms with Gasteiger partial charge in [0.1, 0.15) is 13.2 Å². The Hall–Kier alpha value is -2.95. The first-order valence-electron chi connectivity index (χ1n) is 7.78. The van der Waals surface area contributed by atoms with E-state index in [1.165, 1.54) is 31.1 Å². The topological polar surface area (TPSA) is 98.1 Å². The van der Waals surface area contributed by atoms with Crippen molar-refractivity contribution in [3.63, 3.8) is 0 Å². The summed E-state index contributed by atoms with van der Waals surface area (Å²) in [6.07, 6.45) is -0.766. The molecule has 0 spiro atoms. The lowest BCUT2D eigenvalue weighted by Gasteiger charge is -2.22. The van der Waals surface area contributed by atoms with Crippen LogP contribution in [0.4, 0.5) is 0 Å². The van der Waals surface area contributed by atoms with E-state index in [4.69, 9.17) is 24.2 Å². The highest BCUT2D eigenvalue weighted by atomic mass is 16.6. The quantitative estimate of drug-likeness (QED) is 0.716. The van der Waals surface area contributed by atoms with Crippen molar-refractivity contribution in [1.82, 2.24) is 4.90 Å². The molecule has 134 valence electrons. The van der Waals surface area contributed by atoms with E-state index in [0.29, 0.717) is 30.5 Å². The lowest BCUT2D eigenvalue weighted by atomic mass is 10.1. The summed E-state index contributed by atoms with van der Waals surface area (Å²) in [5.41, 5.74) is 0.195. The van der Waals surface area contributed by atoms with Crippen LogP contribution in [0.2, 0.25) is 0 Å². The van der Waals surface area contributed by atoms with Crippen LogP contribution in [0.15, 0.2) is 12.1 Å². The summed E-state index contributed by atoms with van der Waals surface area (Å²) >= 11 is 0. The van der Waals surface area contributed by atoms with E-state index in [0.717, 1.165) is 0 Å². The fraction of sp³-hybridized carbons (Fsp3) is 0.471. The molecule has 25 heavy (non-hydrogen) atoms. The van der Waals surface area contributed by atoms with Crippen LogP contribution in [-0.4, -0.2) is 56.8 Å². The molecule has 1 heterocycles. The van der Waals surface area contributed by atoms with Gasteiger partial charge in [-0.15, -0.1) is 0 Å². The van der Waals surface area contributed by atoms with Crippen molar-refractivity contribution in [2.45, 2.75) is 19.4 Å². The Kier molecular flexibility index (Phi) is 6.06. The van der Waals surface area contributed by atoms with Gasteiger partial charge in [-0.3, -0.25) is 4.79 Å². The van der Waals surface area contributed by atoms with Gasteiger partial charge in [-0.1, -0.05) is 0 Å². The van der Waals surface area contributed by atoms with Crippen LogP contribution in [0.25, 0.3) is 0 Å². The number of esters is 1. The fourth-order valence-corrected chi connectivity index (χ4v) is 2.31. The first-order valence-corrected chi connectivity index (χ1v) is 7.78. The average Bonchev–Trinajstić information content (AvgIpc) is 2.64. The minimum absolute atomic E-state index is 0.195. The Morgan fingerprint density at radius 1 is 1.36 bits per heavy atom.